The summed E-state index contributed by atoms with van der Waals surface area (Å²) in [5.74, 6) is -1.03. The van der Waals surface area contributed by atoms with Crippen LogP contribution in [0, 0.1) is 11.6 Å². The molecular formula is C19H21F2N3O. The lowest BCUT2D eigenvalue weighted by Gasteiger charge is -2.34. The quantitative estimate of drug-likeness (QED) is 0.925. The molecule has 3 rings (SSSR count). The first kappa shape index (κ1) is 17.4. The second-order valence-electron chi connectivity index (χ2n) is 6.14. The first-order valence-electron chi connectivity index (χ1n) is 8.35. The number of carbonyl (C=O) groups is 1. The highest BCUT2D eigenvalue weighted by atomic mass is 19.1. The maximum atomic E-state index is 13.6. The minimum Gasteiger partial charge on any atom is -0.334 e. The van der Waals surface area contributed by atoms with E-state index in [2.05, 4.69) is 22.3 Å². The van der Waals surface area contributed by atoms with Crippen LogP contribution in [0.5, 0.6) is 0 Å². The van der Waals surface area contributed by atoms with Crippen LogP contribution in [-0.4, -0.2) is 42.0 Å². The predicted octanol–water partition coefficient (Wildman–Crippen LogP) is 2.99. The van der Waals surface area contributed by atoms with Crippen LogP contribution in [0.15, 0.2) is 48.5 Å². The number of benzene rings is 2. The molecule has 1 saturated heterocycles. The third-order valence-electron chi connectivity index (χ3n) is 4.35. The second-order valence-corrected chi connectivity index (χ2v) is 6.14. The number of hydrogen-bond acceptors (Lipinski definition) is 2. The second kappa shape index (κ2) is 8.07. The van der Waals surface area contributed by atoms with Gasteiger partial charge in [0.15, 0.2) is 0 Å². The molecule has 0 radical (unpaired) electrons. The molecule has 6 heteroatoms. The lowest BCUT2D eigenvalue weighted by molar-refractivity contribution is 0.135. The molecular weight excluding hydrogens is 324 g/mol. The zero-order chi connectivity index (χ0) is 17.6. The molecule has 0 aliphatic carbocycles. The number of halogens is 2. The standard InChI is InChI=1S/C19H21F2N3O/c20-17-6-7-18(21)16(12-17)13-22-19(25)24-10-8-23(9-11-24)14-15-4-2-1-3-5-15/h1-7,12H,8-11,13-14H2,(H,22,25). The molecule has 1 heterocycles. The van der Waals surface area contributed by atoms with Crippen molar-refractivity contribution in [3.63, 3.8) is 0 Å². The van der Waals surface area contributed by atoms with E-state index in [1.807, 2.05) is 18.2 Å². The van der Waals surface area contributed by atoms with Crippen molar-refractivity contribution in [1.82, 2.24) is 15.1 Å². The molecule has 0 bridgehead atoms. The lowest BCUT2D eigenvalue weighted by atomic mass is 10.2. The molecule has 1 fully saturated rings. The number of hydrogen-bond donors (Lipinski definition) is 1. The maximum Gasteiger partial charge on any atom is 0.317 e. The Labute approximate surface area is 146 Å². The van der Waals surface area contributed by atoms with E-state index in [1.54, 1.807) is 4.90 Å². The van der Waals surface area contributed by atoms with Gasteiger partial charge in [0.1, 0.15) is 11.6 Å². The number of nitrogens with zero attached hydrogens (tertiary/aromatic N) is 2. The summed E-state index contributed by atoms with van der Waals surface area (Å²) in [4.78, 5) is 16.2. The number of urea groups is 1. The van der Waals surface area contributed by atoms with Crippen molar-refractivity contribution in [3.05, 3.63) is 71.3 Å². The smallest absolute Gasteiger partial charge is 0.317 e. The van der Waals surface area contributed by atoms with Crippen molar-refractivity contribution in [3.8, 4) is 0 Å². The highest BCUT2D eigenvalue weighted by molar-refractivity contribution is 5.74. The monoisotopic (exact) mass is 345 g/mol. The van der Waals surface area contributed by atoms with Gasteiger partial charge in [-0.05, 0) is 23.8 Å². The summed E-state index contributed by atoms with van der Waals surface area (Å²) in [6.45, 7) is 3.65. The van der Waals surface area contributed by atoms with Crippen molar-refractivity contribution in [2.75, 3.05) is 26.2 Å². The van der Waals surface area contributed by atoms with Crippen molar-refractivity contribution in [2.24, 2.45) is 0 Å². The molecule has 4 nitrogen and oxygen atoms in total. The number of piperazine rings is 1. The van der Waals surface area contributed by atoms with Crippen molar-refractivity contribution in [2.45, 2.75) is 13.1 Å². The zero-order valence-electron chi connectivity index (χ0n) is 13.9. The molecule has 1 N–H and O–H groups in total. The normalized spacial score (nSPS) is 15.2. The number of amides is 2. The summed E-state index contributed by atoms with van der Waals surface area (Å²) in [7, 11) is 0. The van der Waals surface area contributed by atoms with Gasteiger partial charge in [-0.25, -0.2) is 13.6 Å². The first-order valence-corrected chi connectivity index (χ1v) is 8.35. The van der Waals surface area contributed by atoms with Gasteiger partial charge in [-0.15, -0.1) is 0 Å². The lowest BCUT2D eigenvalue weighted by Crippen LogP contribution is -2.51. The summed E-state index contributed by atoms with van der Waals surface area (Å²) in [5.41, 5.74) is 1.40. The van der Waals surface area contributed by atoms with E-state index in [0.29, 0.717) is 13.1 Å². The van der Waals surface area contributed by atoms with E-state index in [-0.39, 0.29) is 18.1 Å². The van der Waals surface area contributed by atoms with Crippen LogP contribution < -0.4 is 5.32 Å². The van der Waals surface area contributed by atoms with Gasteiger partial charge in [-0.2, -0.15) is 0 Å². The molecule has 1 aliphatic heterocycles. The van der Waals surface area contributed by atoms with E-state index < -0.39 is 11.6 Å². The molecule has 25 heavy (non-hydrogen) atoms. The van der Waals surface area contributed by atoms with Crippen LogP contribution in [0.25, 0.3) is 0 Å². The maximum absolute atomic E-state index is 13.6. The van der Waals surface area contributed by atoms with Gasteiger partial charge in [0.05, 0.1) is 0 Å². The molecule has 2 aromatic rings. The highest BCUT2D eigenvalue weighted by Crippen LogP contribution is 2.11. The van der Waals surface area contributed by atoms with E-state index in [0.717, 1.165) is 37.8 Å². The van der Waals surface area contributed by atoms with Gasteiger partial charge in [-0.1, -0.05) is 30.3 Å². The summed E-state index contributed by atoms with van der Waals surface area (Å²) >= 11 is 0. The van der Waals surface area contributed by atoms with Crippen LogP contribution in [0.4, 0.5) is 13.6 Å². The van der Waals surface area contributed by atoms with Gasteiger partial charge in [0.2, 0.25) is 0 Å². The van der Waals surface area contributed by atoms with E-state index in [4.69, 9.17) is 0 Å². The molecule has 0 unspecified atom stereocenters. The number of rotatable bonds is 4. The summed E-state index contributed by atoms with van der Waals surface area (Å²) in [5, 5.41) is 2.66. The molecule has 132 valence electrons. The SMILES string of the molecule is O=C(NCc1cc(F)ccc1F)N1CCN(Cc2ccccc2)CC1. The predicted molar refractivity (Wildman–Crippen MR) is 91.9 cm³/mol. The minimum absolute atomic E-state index is 0.0212. The first-order chi connectivity index (χ1) is 12.1. The summed E-state index contributed by atoms with van der Waals surface area (Å²) < 4.78 is 26.7. The fourth-order valence-electron chi connectivity index (χ4n) is 2.91. The molecule has 2 amide bonds. The number of nitrogens with one attached hydrogen (secondary N) is 1. The molecule has 0 spiro atoms. The Morgan fingerprint density at radius 2 is 1.72 bits per heavy atom. The Bertz CT molecular complexity index is 716. The topological polar surface area (TPSA) is 35.6 Å². The van der Waals surface area contributed by atoms with Gasteiger partial charge in [-0.3, -0.25) is 4.90 Å². The molecule has 1 aliphatic rings. The zero-order valence-corrected chi connectivity index (χ0v) is 13.9. The Kier molecular flexibility index (Phi) is 5.60. The summed E-state index contributed by atoms with van der Waals surface area (Å²) in [6.07, 6.45) is 0. The van der Waals surface area contributed by atoms with Gasteiger partial charge >= 0.3 is 6.03 Å². The number of carbonyl (C=O) groups excluding carboxylic acids is 1. The molecule has 0 atom stereocenters. The van der Waals surface area contributed by atoms with Crippen LogP contribution >= 0.6 is 0 Å². The van der Waals surface area contributed by atoms with Gasteiger partial charge < -0.3 is 10.2 Å². The van der Waals surface area contributed by atoms with Crippen LogP contribution in [-0.2, 0) is 13.1 Å². The summed E-state index contributed by atoms with van der Waals surface area (Å²) in [6, 6.07) is 13.2. The highest BCUT2D eigenvalue weighted by Gasteiger charge is 2.21. The average molecular weight is 345 g/mol. The minimum atomic E-state index is -0.519. The van der Waals surface area contributed by atoms with E-state index in [1.165, 1.54) is 5.56 Å². The van der Waals surface area contributed by atoms with E-state index in [9.17, 15) is 13.6 Å². The Balaban J connectivity index is 1.46. The molecule has 0 saturated carbocycles. The molecule has 0 aromatic heterocycles. The fraction of sp³-hybridized carbons (Fsp3) is 0.316. The third-order valence-corrected chi connectivity index (χ3v) is 4.35. The van der Waals surface area contributed by atoms with Crippen LogP contribution in [0.3, 0.4) is 0 Å². The Morgan fingerprint density at radius 1 is 1.00 bits per heavy atom. The van der Waals surface area contributed by atoms with Gasteiger partial charge in [0, 0.05) is 44.8 Å². The van der Waals surface area contributed by atoms with Crippen molar-refractivity contribution in [1.29, 1.82) is 0 Å². The van der Waals surface area contributed by atoms with Crippen molar-refractivity contribution >= 4 is 6.03 Å². The van der Waals surface area contributed by atoms with Crippen LogP contribution in [0.2, 0.25) is 0 Å². The van der Waals surface area contributed by atoms with Crippen molar-refractivity contribution < 1.29 is 13.6 Å². The average Bonchev–Trinajstić information content (AvgIpc) is 2.64. The largest absolute Gasteiger partial charge is 0.334 e. The fourth-order valence-corrected chi connectivity index (χ4v) is 2.91. The third kappa shape index (κ3) is 4.76. The van der Waals surface area contributed by atoms with Crippen LogP contribution in [0.1, 0.15) is 11.1 Å². The van der Waals surface area contributed by atoms with E-state index >= 15 is 0 Å². The Hall–Kier alpha value is -2.47. The molecule has 2 aromatic carbocycles. The van der Waals surface area contributed by atoms with Gasteiger partial charge in [0.25, 0.3) is 0 Å². The Morgan fingerprint density at radius 3 is 2.44 bits per heavy atom.